The van der Waals surface area contributed by atoms with Crippen LogP contribution < -0.4 is 0 Å². The van der Waals surface area contributed by atoms with Crippen molar-refractivity contribution in [3.8, 4) is 67.5 Å². The number of nitrogens with zero attached hydrogens (tertiary/aromatic N) is 3. The van der Waals surface area contributed by atoms with E-state index in [0.29, 0.717) is 17.5 Å². The molecule has 9 aromatic carbocycles. The van der Waals surface area contributed by atoms with Crippen molar-refractivity contribution in [3.63, 3.8) is 0 Å². The summed E-state index contributed by atoms with van der Waals surface area (Å²) in [7, 11) is 0. The minimum atomic E-state index is -0.631. The van der Waals surface area contributed by atoms with E-state index in [4.69, 9.17) is 23.8 Å². The SMILES string of the molecule is c1ccc2c(c1)-c1ccccc1C1(c3ccccc3-2)c2ccccc2-c2ccc(-c3nc(-c4ccc5oc6ccccc6c5c4)nc(-c4ccc5oc6ccccc6c5c4)n3)cc21. The van der Waals surface area contributed by atoms with Crippen LogP contribution in [0, 0.1) is 0 Å². The highest BCUT2D eigenvalue weighted by Crippen LogP contribution is 2.61. The number of aromatic nitrogens is 3. The van der Waals surface area contributed by atoms with Gasteiger partial charge in [-0.3, -0.25) is 0 Å². The molecule has 0 aliphatic heterocycles. The number of rotatable bonds is 3. The van der Waals surface area contributed by atoms with Crippen LogP contribution in [0.25, 0.3) is 111 Å². The lowest BCUT2D eigenvalue weighted by Gasteiger charge is -2.35. The predicted molar refractivity (Wildman–Crippen MR) is 252 cm³/mol. The van der Waals surface area contributed by atoms with E-state index in [1.807, 2.05) is 60.7 Å². The number of hydrogen-bond donors (Lipinski definition) is 0. The molecular formula is C58H33N3O2. The minimum absolute atomic E-state index is 0.582. The molecule has 292 valence electrons. The Morgan fingerprint density at radius 1 is 0.270 bits per heavy atom. The number of para-hydroxylation sites is 2. The van der Waals surface area contributed by atoms with Crippen LogP contribution in [-0.4, -0.2) is 15.0 Å². The molecule has 12 aromatic rings. The number of fused-ring (bicyclic) bond motifs is 18. The molecule has 5 heteroatoms. The Balaban J connectivity index is 1.04. The summed E-state index contributed by atoms with van der Waals surface area (Å²) in [6, 6.07) is 71.2. The number of benzene rings is 9. The van der Waals surface area contributed by atoms with Crippen LogP contribution in [0.5, 0.6) is 0 Å². The first-order valence-electron chi connectivity index (χ1n) is 21.3. The van der Waals surface area contributed by atoms with Crippen molar-refractivity contribution < 1.29 is 8.83 Å². The Morgan fingerprint density at radius 2 is 0.619 bits per heavy atom. The van der Waals surface area contributed by atoms with Gasteiger partial charge in [0.25, 0.3) is 0 Å². The van der Waals surface area contributed by atoms with E-state index in [1.165, 1.54) is 55.6 Å². The van der Waals surface area contributed by atoms with Gasteiger partial charge in [0.15, 0.2) is 17.5 Å². The molecule has 0 unspecified atom stereocenters. The second kappa shape index (κ2) is 12.8. The Kier molecular flexibility index (Phi) is 6.97. The van der Waals surface area contributed by atoms with Crippen molar-refractivity contribution in [2.45, 2.75) is 5.41 Å². The van der Waals surface area contributed by atoms with Crippen molar-refractivity contribution >= 4 is 43.9 Å². The van der Waals surface area contributed by atoms with Crippen molar-refractivity contribution in [2.75, 3.05) is 0 Å². The topological polar surface area (TPSA) is 65.0 Å². The van der Waals surface area contributed by atoms with E-state index in [2.05, 4.69) is 140 Å². The summed E-state index contributed by atoms with van der Waals surface area (Å²) in [6.07, 6.45) is 0. The first-order chi connectivity index (χ1) is 31.2. The van der Waals surface area contributed by atoms with Crippen LogP contribution in [0.2, 0.25) is 0 Å². The average molecular weight is 804 g/mol. The van der Waals surface area contributed by atoms with E-state index < -0.39 is 5.41 Å². The number of hydrogen-bond acceptors (Lipinski definition) is 5. The first-order valence-corrected chi connectivity index (χ1v) is 21.3. The van der Waals surface area contributed by atoms with Crippen LogP contribution in [0.1, 0.15) is 22.3 Å². The zero-order valence-corrected chi connectivity index (χ0v) is 33.7. The fourth-order valence-corrected chi connectivity index (χ4v) is 10.7. The van der Waals surface area contributed by atoms with Gasteiger partial charge in [-0.15, -0.1) is 0 Å². The summed E-state index contributed by atoms with van der Waals surface area (Å²) in [5.41, 5.74) is 17.7. The summed E-state index contributed by atoms with van der Waals surface area (Å²) < 4.78 is 12.5. The molecule has 3 heterocycles. The summed E-state index contributed by atoms with van der Waals surface area (Å²) in [4.78, 5) is 15.9. The molecule has 0 bridgehead atoms. The Bertz CT molecular complexity index is 3690. The molecule has 0 N–H and O–H groups in total. The van der Waals surface area contributed by atoms with E-state index in [0.717, 1.165) is 60.6 Å². The van der Waals surface area contributed by atoms with E-state index >= 15 is 0 Å². The maximum atomic E-state index is 6.24. The van der Waals surface area contributed by atoms with Gasteiger partial charge < -0.3 is 8.83 Å². The summed E-state index contributed by atoms with van der Waals surface area (Å²) in [5, 5.41) is 4.13. The van der Waals surface area contributed by atoms with Gasteiger partial charge in [0.1, 0.15) is 22.3 Å². The monoisotopic (exact) mass is 803 g/mol. The van der Waals surface area contributed by atoms with Crippen LogP contribution in [0.3, 0.4) is 0 Å². The lowest BCUT2D eigenvalue weighted by molar-refractivity contribution is 0.668. The van der Waals surface area contributed by atoms with Gasteiger partial charge >= 0.3 is 0 Å². The van der Waals surface area contributed by atoms with Gasteiger partial charge in [-0.05, 0) is 110 Å². The normalized spacial score (nSPS) is 13.2. The van der Waals surface area contributed by atoms with Crippen molar-refractivity contribution in [1.29, 1.82) is 0 Å². The predicted octanol–water partition coefficient (Wildman–Crippen LogP) is 14.7. The highest BCUT2D eigenvalue weighted by molar-refractivity contribution is 6.07. The highest BCUT2D eigenvalue weighted by Gasteiger charge is 2.49. The second-order valence-electron chi connectivity index (χ2n) is 16.6. The van der Waals surface area contributed by atoms with Crippen LogP contribution in [0.15, 0.2) is 209 Å². The molecule has 0 amide bonds. The third-order valence-corrected chi connectivity index (χ3v) is 13.4. The van der Waals surface area contributed by atoms with Gasteiger partial charge in [-0.25, -0.2) is 15.0 Å². The van der Waals surface area contributed by atoms with Gasteiger partial charge in [0, 0.05) is 38.2 Å². The maximum Gasteiger partial charge on any atom is 0.164 e. The Hall–Kier alpha value is -8.41. The van der Waals surface area contributed by atoms with Crippen LogP contribution >= 0.6 is 0 Å². The first kappa shape index (κ1) is 34.3. The summed E-state index contributed by atoms with van der Waals surface area (Å²) >= 11 is 0. The van der Waals surface area contributed by atoms with Crippen LogP contribution in [0.4, 0.5) is 0 Å². The molecule has 2 aliphatic rings. The second-order valence-corrected chi connectivity index (χ2v) is 16.6. The van der Waals surface area contributed by atoms with Gasteiger partial charge in [-0.2, -0.15) is 0 Å². The van der Waals surface area contributed by atoms with Gasteiger partial charge in [0.05, 0.1) is 5.41 Å². The standard InChI is InChI=1S/C58H33N3O2/c1-2-14-38-37(13-1)39-15-3-8-20-47(39)58(48-21-9-4-16-40(38)48)49-22-10-5-17-41(49)42-28-25-36(33-50(42)58)57-60-55(34-26-29-53-45(31-34)43-18-6-11-23-51(43)62-53)59-56(61-57)35-27-30-54-46(32-35)44-19-7-12-24-52(44)63-54/h1-33H. The molecule has 1 spiro atoms. The third kappa shape index (κ3) is 4.79. The Labute approximate surface area is 361 Å². The molecule has 0 saturated heterocycles. The van der Waals surface area contributed by atoms with E-state index in [9.17, 15) is 0 Å². The molecule has 0 saturated carbocycles. The molecule has 63 heavy (non-hydrogen) atoms. The maximum absolute atomic E-state index is 6.24. The highest BCUT2D eigenvalue weighted by atomic mass is 16.3. The summed E-state index contributed by atoms with van der Waals surface area (Å²) in [6.45, 7) is 0. The van der Waals surface area contributed by atoms with Gasteiger partial charge in [-0.1, -0.05) is 146 Å². The molecule has 0 fully saturated rings. The average Bonchev–Trinajstić information content (AvgIpc) is 3.99. The molecule has 5 nitrogen and oxygen atoms in total. The molecule has 3 aromatic heterocycles. The Morgan fingerprint density at radius 3 is 1.11 bits per heavy atom. The van der Waals surface area contributed by atoms with Gasteiger partial charge in [0.2, 0.25) is 0 Å². The lowest BCUT2D eigenvalue weighted by Crippen LogP contribution is -2.29. The van der Waals surface area contributed by atoms with E-state index in [-0.39, 0.29) is 0 Å². The van der Waals surface area contributed by atoms with Crippen molar-refractivity contribution in [2.24, 2.45) is 0 Å². The smallest absolute Gasteiger partial charge is 0.164 e. The lowest BCUT2D eigenvalue weighted by atomic mass is 9.66. The quantitative estimate of drug-likeness (QED) is 0.178. The fraction of sp³-hybridized carbons (Fsp3) is 0.0172. The molecular weight excluding hydrogens is 771 g/mol. The van der Waals surface area contributed by atoms with Crippen molar-refractivity contribution in [1.82, 2.24) is 15.0 Å². The molecule has 0 atom stereocenters. The minimum Gasteiger partial charge on any atom is -0.456 e. The zero-order chi connectivity index (χ0) is 41.2. The molecule has 14 rings (SSSR count). The molecule has 0 radical (unpaired) electrons. The summed E-state index contributed by atoms with van der Waals surface area (Å²) in [5.74, 6) is 1.76. The van der Waals surface area contributed by atoms with Crippen molar-refractivity contribution in [3.05, 3.63) is 222 Å². The third-order valence-electron chi connectivity index (χ3n) is 13.4. The zero-order valence-electron chi connectivity index (χ0n) is 33.7. The van der Waals surface area contributed by atoms with Crippen LogP contribution in [-0.2, 0) is 5.41 Å². The largest absolute Gasteiger partial charge is 0.456 e. The molecule has 2 aliphatic carbocycles. The van der Waals surface area contributed by atoms with E-state index in [1.54, 1.807) is 0 Å². The number of furan rings is 2. The fourth-order valence-electron chi connectivity index (χ4n) is 10.7.